The SMILES string of the molecule is Cn1cnc([N+](=O)[O-])c1N[C@H]1c2ccccc2C[C@H]1O. The molecule has 1 aliphatic rings. The third kappa shape index (κ3) is 1.92. The third-order valence-electron chi connectivity index (χ3n) is 3.59. The van der Waals surface area contributed by atoms with Crippen LogP contribution in [0.1, 0.15) is 17.2 Å². The number of hydrogen-bond donors (Lipinski definition) is 2. The fourth-order valence-electron chi connectivity index (χ4n) is 2.61. The number of aryl methyl sites for hydroxylation is 1. The number of nitrogens with one attached hydrogen (secondary N) is 1. The summed E-state index contributed by atoms with van der Waals surface area (Å²) in [4.78, 5) is 14.2. The maximum Gasteiger partial charge on any atom is 0.406 e. The van der Waals surface area contributed by atoms with Crippen LogP contribution in [-0.4, -0.2) is 25.7 Å². The summed E-state index contributed by atoms with van der Waals surface area (Å²) in [5.41, 5.74) is 2.03. The Morgan fingerprint density at radius 2 is 2.25 bits per heavy atom. The van der Waals surface area contributed by atoms with Gasteiger partial charge in [0.2, 0.25) is 12.1 Å². The van der Waals surface area contributed by atoms with Crippen LogP contribution in [0.25, 0.3) is 0 Å². The number of aliphatic hydroxyl groups is 1. The number of aliphatic hydroxyl groups excluding tert-OH is 1. The Kier molecular flexibility index (Phi) is 2.90. The lowest BCUT2D eigenvalue weighted by Crippen LogP contribution is -2.22. The Labute approximate surface area is 115 Å². The molecule has 104 valence electrons. The first-order chi connectivity index (χ1) is 9.58. The molecule has 0 bridgehead atoms. The first-order valence-electron chi connectivity index (χ1n) is 6.26. The summed E-state index contributed by atoms with van der Waals surface area (Å²) >= 11 is 0. The van der Waals surface area contributed by atoms with Gasteiger partial charge in [0, 0.05) is 13.5 Å². The molecule has 1 aliphatic carbocycles. The molecule has 0 spiro atoms. The molecule has 7 nitrogen and oxygen atoms in total. The molecule has 0 unspecified atom stereocenters. The maximum absolute atomic E-state index is 11.0. The van der Waals surface area contributed by atoms with E-state index in [2.05, 4.69) is 10.3 Å². The Balaban J connectivity index is 1.96. The van der Waals surface area contributed by atoms with Gasteiger partial charge in [-0.05, 0) is 21.0 Å². The molecule has 7 heteroatoms. The predicted octanol–water partition coefficient (Wildman–Crippen LogP) is 1.40. The van der Waals surface area contributed by atoms with Gasteiger partial charge >= 0.3 is 5.82 Å². The minimum absolute atomic E-state index is 0.232. The van der Waals surface area contributed by atoms with E-state index >= 15 is 0 Å². The lowest BCUT2D eigenvalue weighted by molar-refractivity contribution is -0.388. The van der Waals surface area contributed by atoms with Gasteiger partial charge in [0.1, 0.15) is 0 Å². The zero-order valence-corrected chi connectivity index (χ0v) is 10.9. The summed E-state index contributed by atoms with van der Waals surface area (Å²) in [5.74, 6) is 0.0693. The third-order valence-corrected chi connectivity index (χ3v) is 3.59. The van der Waals surface area contributed by atoms with Crippen LogP contribution in [0.3, 0.4) is 0 Å². The zero-order valence-electron chi connectivity index (χ0n) is 10.9. The summed E-state index contributed by atoms with van der Waals surface area (Å²) in [5, 5.41) is 24.2. The summed E-state index contributed by atoms with van der Waals surface area (Å²) in [6, 6.07) is 7.33. The molecular weight excluding hydrogens is 260 g/mol. The second-order valence-electron chi connectivity index (χ2n) is 4.88. The molecular formula is C13H14N4O3. The Morgan fingerprint density at radius 3 is 3.00 bits per heavy atom. The normalized spacial score (nSPS) is 20.7. The van der Waals surface area contributed by atoms with Crippen molar-refractivity contribution in [1.82, 2.24) is 9.55 Å². The first-order valence-corrected chi connectivity index (χ1v) is 6.26. The van der Waals surface area contributed by atoms with Crippen molar-refractivity contribution in [3.05, 3.63) is 51.8 Å². The van der Waals surface area contributed by atoms with Gasteiger partial charge in [-0.3, -0.25) is 4.57 Å². The van der Waals surface area contributed by atoms with Crippen molar-refractivity contribution in [2.45, 2.75) is 18.6 Å². The van der Waals surface area contributed by atoms with Gasteiger partial charge < -0.3 is 20.5 Å². The number of imidazole rings is 1. The molecule has 3 rings (SSSR count). The molecule has 1 aromatic heterocycles. The van der Waals surface area contributed by atoms with Crippen molar-refractivity contribution < 1.29 is 10.0 Å². The van der Waals surface area contributed by atoms with Crippen LogP contribution >= 0.6 is 0 Å². The minimum atomic E-state index is -0.609. The highest BCUT2D eigenvalue weighted by Crippen LogP contribution is 2.35. The number of nitrogens with zero attached hydrogens (tertiary/aromatic N) is 3. The Hall–Kier alpha value is -2.41. The van der Waals surface area contributed by atoms with Gasteiger partial charge in [-0.1, -0.05) is 24.3 Å². The summed E-state index contributed by atoms with van der Waals surface area (Å²) in [6.45, 7) is 0. The Bertz CT molecular complexity index is 667. The molecule has 0 saturated carbocycles. The van der Waals surface area contributed by atoms with E-state index in [1.54, 1.807) is 11.6 Å². The van der Waals surface area contributed by atoms with Crippen LogP contribution < -0.4 is 5.32 Å². The molecule has 2 atom stereocenters. The molecule has 1 aromatic carbocycles. The van der Waals surface area contributed by atoms with Crippen LogP contribution in [0.2, 0.25) is 0 Å². The Morgan fingerprint density at radius 1 is 1.50 bits per heavy atom. The fourth-order valence-corrected chi connectivity index (χ4v) is 2.61. The summed E-state index contributed by atoms with van der Waals surface area (Å²) in [7, 11) is 1.68. The first kappa shape index (κ1) is 12.6. The van der Waals surface area contributed by atoms with E-state index in [4.69, 9.17) is 0 Å². The van der Waals surface area contributed by atoms with Crippen LogP contribution in [-0.2, 0) is 13.5 Å². The monoisotopic (exact) mass is 274 g/mol. The zero-order chi connectivity index (χ0) is 14.3. The average molecular weight is 274 g/mol. The molecule has 1 heterocycles. The van der Waals surface area contributed by atoms with Crippen molar-refractivity contribution in [2.75, 3.05) is 5.32 Å². The van der Waals surface area contributed by atoms with Gasteiger partial charge in [0.05, 0.1) is 12.1 Å². The van der Waals surface area contributed by atoms with Gasteiger partial charge in [-0.25, -0.2) is 0 Å². The summed E-state index contributed by atoms with van der Waals surface area (Å²) in [6.07, 6.45) is 1.31. The quantitative estimate of drug-likeness (QED) is 0.651. The van der Waals surface area contributed by atoms with Crippen LogP contribution in [0.4, 0.5) is 11.6 Å². The minimum Gasteiger partial charge on any atom is -0.390 e. The van der Waals surface area contributed by atoms with Crippen LogP contribution in [0, 0.1) is 10.1 Å². The molecule has 2 N–H and O–H groups in total. The highest BCUT2D eigenvalue weighted by Gasteiger charge is 2.33. The van der Waals surface area contributed by atoms with Gasteiger partial charge in [0.15, 0.2) is 0 Å². The highest BCUT2D eigenvalue weighted by molar-refractivity contribution is 5.55. The number of nitro groups is 1. The van der Waals surface area contributed by atoms with Crippen molar-refractivity contribution in [1.29, 1.82) is 0 Å². The van der Waals surface area contributed by atoms with E-state index in [-0.39, 0.29) is 11.9 Å². The molecule has 0 fully saturated rings. The van der Waals surface area contributed by atoms with Gasteiger partial charge in [0.25, 0.3) is 0 Å². The predicted molar refractivity (Wildman–Crippen MR) is 72.4 cm³/mol. The largest absolute Gasteiger partial charge is 0.406 e. The lowest BCUT2D eigenvalue weighted by atomic mass is 10.1. The molecule has 0 aliphatic heterocycles. The van der Waals surface area contributed by atoms with E-state index in [1.165, 1.54) is 6.33 Å². The van der Waals surface area contributed by atoms with Gasteiger partial charge in [-0.2, -0.15) is 0 Å². The number of fused-ring (bicyclic) bond motifs is 1. The number of anilines is 1. The molecule has 0 amide bonds. The van der Waals surface area contributed by atoms with Crippen LogP contribution in [0.15, 0.2) is 30.6 Å². The average Bonchev–Trinajstić information content (AvgIpc) is 2.92. The molecule has 2 aromatic rings. The fraction of sp³-hybridized carbons (Fsp3) is 0.308. The smallest absolute Gasteiger partial charge is 0.390 e. The van der Waals surface area contributed by atoms with Crippen molar-refractivity contribution in [2.24, 2.45) is 7.05 Å². The van der Waals surface area contributed by atoms with Crippen molar-refractivity contribution in [3.8, 4) is 0 Å². The molecule has 0 saturated heterocycles. The van der Waals surface area contributed by atoms with Gasteiger partial charge in [-0.15, -0.1) is 0 Å². The number of aromatic nitrogens is 2. The number of rotatable bonds is 3. The standard InChI is InChI=1S/C13H14N4O3/c1-16-7-14-12(17(19)20)13(16)15-11-9-5-3-2-4-8(9)6-10(11)18/h2-5,7,10-11,15,18H,6H2,1H3/t10-,11+/m1/s1. The topological polar surface area (TPSA) is 93.2 Å². The lowest BCUT2D eigenvalue weighted by Gasteiger charge is -2.18. The van der Waals surface area contributed by atoms with E-state index in [0.717, 1.165) is 11.1 Å². The van der Waals surface area contributed by atoms with E-state index < -0.39 is 11.0 Å². The molecule has 0 radical (unpaired) electrons. The maximum atomic E-state index is 11.0. The van der Waals surface area contributed by atoms with E-state index in [0.29, 0.717) is 12.2 Å². The number of hydrogen-bond acceptors (Lipinski definition) is 5. The highest BCUT2D eigenvalue weighted by atomic mass is 16.6. The summed E-state index contributed by atoms with van der Waals surface area (Å²) < 4.78 is 1.55. The second kappa shape index (κ2) is 4.61. The van der Waals surface area contributed by atoms with Crippen LogP contribution in [0.5, 0.6) is 0 Å². The van der Waals surface area contributed by atoms with Crippen molar-refractivity contribution in [3.63, 3.8) is 0 Å². The van der Waals surface area contributed by atoms with E-state index in [1.807, 2.05) is 24.3 Å². The van der Waals surface area contributed by atoms with E-state index in [9.17, 15) is 15.2 Å². The number of benzene rings is 1. The van der Waals surface area contributed by atoms with Crippen molar-refractivity contribution >= 4 is 11.6 Å². The second-order valence-corrected chi connectivity index (χ2v) is 4.88. The molecule has 20 heavy (non-hydrogen) atoms.